The highest BCUT2D eigenvalue weighted by Gasteiger charge is 2.31. The van der Waals surface area contributed by atoms with E-state index in [1.165, 1.54) is 14.0 Å². The average Bonchev–Trinajstić information content (AvgIpc) is 2.21. The van der Waals surface area contributed by atoms with Crippen LogP contribution in [0, 0.1) is 41.0 Å². The van der Waals surface area contributed by atoms with Crippen molar-refractivity contribution in [2.75, 3.05) is 7.11 Å². The maximum absolute atomic E-state index is 10.9. The Hall–Kier alpha value is -2.18. The minimum absolute atomic E-state index is 0.0138. The molecule has 0 amide bonds. The largest absolute Gasteiger partial charge is 0.490 e. The van der Waals surface area contributed by atoms with Gasteiger partial charge in [0.1, 0.15) is 5.56 Å². The van der Waals surface area contributed by atoms with Gasteiger partial charge in [-0.15, -0.1) is 0 Å². The molecule has 0 unspecified atom stereocenters. The highest BCUT2D eigenvalue weighted by Crippen LogP contribution is 2.42. The lowest BCUT2D eigenvalue weighted by Gasteiger charge is -2.11. The summed E-state index contributed by atoms with van der Waals surface area (Å²) in [5.74, 6) is 0.0793. The fraction of sp³-hybridized carbons (Fsp3) is 0.400. The van der Waals surface area contributed by atoms with Crippen molar-refractivity contribution < 1.29 is 14.6 Å². The highest BCUT2D eigenvalue weighted by molar-refractivity contribution is 5.68. The van der Waals surface area contributed by atoms with Crippen molar-refractivity contribution >= 4 is 11.4 Å². The molecular formula is C10H12N2O5. The van der Waals surface area contributed by atoms with Crippen LogP contribution in [0.5, 0.6) is 5.75 Å². The van der Waals surface area contributed by atoms with E-state index in [9.17, 15) is 20.2 Å². The van der Waals surface area contributed by atoms with Crippen molar-refractivity contribution in [1.29, 1.82) is 0 Å². The van der Waals surface area contributed by atoms with Gasteiger partial charge in [0, 0.05) is 11.1 Å². The van der Waals surface area contributed by atoms with Gasteiger partial charge in [0.25, 0.3) is 5.69 Å². The molecule has 0 N–H and O–H groups in total. The van der Waals surface area contributed by atoms with Gasteiger partial charge in [0.2, 0.25) is 5.75 Å². The molecule has 0 atom stereocenters. The van der Waals surface area contributed by atoms with Gasteiger partial charge in [-0.2, -0.15) is 0 Å². The summed E-state index contributed by atoms with van der Waals surface area (Å²) in [6.45, 7) is 4.46. The molecule has 0 aliphatic rings. The first-order valence-electron chi connectivity index (χ1n) is 4.79. The van der Waals surface area contributed by atoms with Crippen LogP contribution in [0.2, 0.25) is 0 Å². The molecule has 0 spiro atoms. The molecule has 0 aliphatic carbocycles. The quantitative estimate of drug-likeness (QED) is 0.597. The van der Waals surface area contributed by atoms with E-state index in [1.54, 1.807) is 13.8 Å². The van der Waals surface area contributed by atoms with Crippen molar-refractivity contribution in [3.63, 3.8) is 0 Å². The molecular weight excluding hydrogens is 228 g/mol. The Bertz CT molecular complexity index is 510. The van der Waals surface area contributed by atoms with Gasteiger partial charge >= 0.3 is 5.69 Å². The molecule has 1 aromatic rings. The minimum atomic E-state index is -0.659. The highest BCUT2D eigenvalue weighted by atomic mass is 16.6. The molecule has 0 aliphatic heterocycles. The molecule has 0 saturated heterocycles. The van der Waals surface area contributed by atoms with Crippen molar-refractivity contribution in [3.8, 4) is 5.75 Å². The average molecular weight is 240 g/mol. The monoisotopic (exact) mass is 240 g/mol. The van der Waals surface area contributed by atoms with Gasteiger partial charge in [-0.05, 0) is 20.8 Å². The Morgan fingerprint density at radius 1 is 0.882 bits per heavy atom. The molecule has 7 nitrogen and oxygen atoms in total. The van der Waals surface area contributed by atoms with Crippen LogP contribution >= 0.6 is 0 Å². The van der Waals surface area contributed by atoms with E-state index in [0.29, 0.717) is 11.1 Å². The molecule has 7 heteroatoms. The number of nitrogens with zero attached hydrogens (tertiary/aromatic N) is 2. The van der Waals surface area contributed by atoms with E-state index < -0.39 is 9.85 Å². The lowest BCUT2D eigenvalue weighted by molar-refractivity contribution is -0.396. The van der Waals surface area contributed by atoms with Crippen LogP contribution in [0.1, 0.15) is 16.7 Å². The van der Waals surface area contributed by atoms with Crippen molar-refractivity contribution in [1.82, 2.24) is 0 Å². The summed E-state index contributed by atoms with van der Waals surface area (Å²) in [7, 11) is 1.31. The number of hydrogen-bond acceptors (Lipinski definition) is 5. The molecule has 17 heavy (non-hydrogen) atoms. The zero-order valence-corrected chi connectivity index (χ0v) is 9.94. The number of rotatable bonds is 3. The van der Waals surface area contributed by atoms with E-state index >= 15 is 0 Å². The zero-order valence-electron chi connectivity index (χ0n) is 9.94. The lowest BCUT2D eigenvalue weighted by atomic mass is 10.0. The number of ether oxygens (including phenoxy) is 1. The summed E-state index contributed by atoms with van der Waals surface area (Å²) in [5.41, 5.74) is 0.240. The number of hydrogen-bond donors (Lipinski definition) is 0. The summed E-state index contributed by atoms with van der Waals surface area (Å²) in [5, 5.41) is 21.9. The Morgan fingerprint density at radius 3 is 1.71 bits per heavy atom. The summed E-state index contributed by atoms with van der Waals surface area (Å²) < 4.78 is 4.97. The fourth-order valence-corrected chi connectivity index (χ4v) is 1.83. The predicted octanol–water partition coefficient (Wildman–Crippen LogP) is 2.44. The molecule has 0 heterocycles. The van der Waals surface area contributed by atoms with Crippen LogP contribution in [-0.4, -0.2) is 17.0 Å². The van der Waals surface area contributed by atoms with Crippen LogP contribution in [-0.2, 0) is 0 Å². The first-order chi connectivity index (χ1) is 7.82. The van der Waals surface area contributed by atoms with Gasteiger partial charge in [0.15, 0.2) is 0 Å². The normalized spacial score (nSPS) is 10.1. The SMILES string of the molecule is COc1c(C)c(C)c([N+](=O)[O-])c(C)c1[N+](=O)[O-]. The van der Waals surface area contributed by atoms with E-state index in [4.69, 9.17) is 4.74 Å². The van der Waals surface area contributed by atoms with E-state index in [2.05, 4.69) is 0 Å². The zero-order chi connectivity index (χ0) is 13.3. The van der Waals surface area contributed by atoms with Crippen LogP contribution in [0.4, 0.5) is 11.4 Å². The topological polar surface area (TPSA) is 95.5 Å². The second-order valence-electron chi connectivity index (χ2n) is 3.62. The number of nitro benzene ring substituents is 2. The second-order valence-corrected chi connectivity index (χ2v) is 3.62. The van der Waals surface area contributed by atoms with Crippen molar-refractivity contribution in [3.05, 3.63) is 36.9 Å². The van der Waals surface area contributed by atoms with Crippen LogP contribution < -0.4 is 4.74 Å². The van der Waals surface area contributed by atoms with Crippen LogP contribution in [0.15, 0.2) is 0 Å². The summed E-state index contributed by atoms with van der Waals surface area (Å²) in [6.07, 6.45) is 0. The van der Waals surface area contributed by atoms with Crippen LogP contribution in [0.3, 0.4) is 0 Å². The smallest absolute Gasteiger partial charge is 0.320 e. The maximum Gasteiger partial charge on any atom is 0.320 e. The molecule has 1 rings (SSSR count). The first kappa shape index (κ1) is 12.9. The molecule has 0 saturated carbocycles. The second kappa shape index (κ2) is 4.36. The molecule has 0 bridgehead atoms. The van der Waals surface area contributed by atoms with Gasteiger partial charge in [-0.1, -0.05) is 0 Å². The molecule has 1 aromatic carbocycles. The number of nitro groups is 2. The van der Waals surface area contributed by atoms with Crippen molar-refractivity contribution in [2.45, 2.75) is 20.8 Å². The first-order valence-corrected chi connectivity index (χ1v) is 4.79. The minimum Gasteiger partial charge on any atom is -0.490 e. The standard InChI is InChI=1S/C10H12N2O5/c1-5-6(2)10(17-4)9(12(15)16)7(3)8(5)11(13)14/h1-4H3. The van der Waals surface area contributed by atoms with Gasteiger partial charge in [-0.25, -0.2) is 0 Å². The van der Waals surface area contributed by atoms with E-state index in [-0.39, 0.29) is 22.7 Å². The maximum atomic E-state index is 10.9. The van der Waals surface area contributed by atoms with E-state index in [1.807, 2.05) is 0 Å². The lowest BCUT2D eigenvalue weighted by Crippen LogP contribution is -2.05. The molecule has 0 aromatic heterocycles. The van der Waals surface area contributed by atoms with Gasteiger partial charge < -0.3 is 4.74 Å². The number of methoxy groups -OCH3 is 1. The summed E-state index contributed by atoms with van der Waals surface area (Å²) >= 11 is 0. The summed E-state index contributed by atoms with van der Waals surface area (Å²) in [6, 6.07) is 0. The molecule has 0 fully saturated rings. The molecule has 0 radical (unpaired) electrons. The Kier molecular flexibility index (Phi) is 3.31. The number of benzene rings is 1. The van der Waals surface area contributed by atoms with Crippen LogP contribution in [0.25, 0.3) is 0 Å². The third-order valence-corrected chi connectivity index (χ3v) is 2.75. The predicted molar refractivity (Wildman–Crippen MR) is 60.5 cm³/mol. The van der Waals surface area contributed by atoms with Gasteiger partial charge in [-0.3, -0.25) is 20.2 Å². The Morgan fingerprint density at radius 2 is 1.35 bits per heavy atom. The third kappa shape index (κ3) is 1.91. The van der Waals surface area contributed by atoms with Gasteiger partial charge in [0.05, 0.1) is 17.0 Å². The van der Waals surface area contributed by atoms with E-state index in [0.717, 1.165) is 0 Å². The molecule has 92 valence electrons. The fourth-order valence-electron chi connectivity index (χ4n) is 1.83. The van der Waals surface area contributed by atoms with Crippen molar-refractivity contribution in [2.24, 2.45) is 0 Å². The third-order valence-electron chi connectivity index (χ3n) is 2.75. The Labute approximate surface area is 97.3 Å². The Balaban J connectivity index is 3.82. The summed E-state index contributed by atoms with van der Waals surface area (Å²) in [4.78, 5) is 20.6.